The van der Waals surface area contributed by atoms with Crippen molar-refractivity contribution in [1.82, 2.24) is 5.32 Å². The van der Waals surface area contributed by atoms with E-state index in [1.54, 1.807) is 19.9 Å². The van der Waals surface area contributed by atoms with Crippen molar-refractivity contribution in [2.75, 3.05) is 0 Å². The van der Waals surface area contributed by atoms with Gasteiger partial charge in [-0.05, 0) is 37.5 Å². The number of alkyl carbamates (subject to hydrolysis) is 1. The van der Waals surface area contributed by atoms with Gasteiger partial charge in [0, 0.05) is 17.0 Å². The molecule has 3 rings (SSSR count). The minimum Gasteiger partial charge on any atom is -0.445 e. The number of carbonyl (C=O) groups excluding carboxylic acids is 2. The Balaban J connectivity index is 1.74. The first-order chi connectivity index (χ1) is 15.8. The number of halogens is 1. The Bertz CT molecular complexity index is 1200. The molecule has 174 valence electrons. The summed E-state index contributed by atoms with van der Waals surface area (Å²) in [4.78, 5) is 37.2. The highest BCUT2D eigenvalue weighted by atomic mass is 35.5. The standard InChI is InChI=1S/C25H26ClNO6/c1-4-5-11-20(27-25(30)31-14-17-9-7-6-8-10-17)24(29)33-22-13-21-18(12-19(22)26)15(2)16(3)23(28)32-21/h6-10,12-13,20H,4-5,11,14H2,1-3H3,(H,27,30)/t20-/m0/s1. The Morgan fingerprint density at radius 1 is 1.12 bits per heavy atom. The van der Waals surface area contributed by atoms with Crippen molar-refractivity contribution < 1.29 is 23.5 Å². The zero-order valence-corrected chi connectivity index (χ0v) is 19.5. The lowest BCUT2D eigenvalue weighted by atomic mass is 10.1. The fourth-order valence-electron chi connectivity index (χ4n) is 3.27. The number of benzene rings is 2. The van der Waals surface area contributed by atoms with Crippen molar-refractivity contribution in [3.05, 3.63) is 74.6 Å². The van der Waals surface area contributed by atoms with E-state index in [2.05, 4.69) is 5.32 Å². The van der Waals surface area contributed by atoms with Gasteiger partial charge in [-0.1, -0.05) is 61.7 Å². The molecule has 0 bridgehead atoms. The summed E-state index contributed by atoms with van der Waals surface area (Å²) in [6.45, 7) is 5.52. The largest absolute Gasteiger partial charge is 0.445 e. The Hall–Kier alpha value is -3.32. The Morgan fingerprint density at radius 3 is 2.55 bits per heavy atom. The van der Waals surface area contributed by atoms with Crippen LogP contribution in [0.15, 0.2) is 51.7 Å². The molecule has 1 aromatic heterocycles. The molecule has 8 heteroatoms. The summed E-state index contributed by atoms with van der Waals surface area (Å²) in [5.74, 6) is -0.644. The van der Waals surface area contributed by atoms with Gasteiger partial charge in [0.1, 0.15) is 18.2 Å². The summed E-state index contributed by atoms with van der Waals surface area (Å²) in [5, 5.41) is 3.41. The highest BCUT2D eigenvalue weighted by Gasteiger charge is 2.24. The van der Waals surface area contributed by atoms with Gasteiger partial charge in [0.05, 0.1) is 5.02 Å². The maximum atomic E-state index is 12.9. The van der Waals surface area contributed by atoms with Gasteiger partial charge in [-0.2, -0.15) is 0 Å². The molecule has 0 aliphatic heterocycles. The molecule has 0 spiro atoms. The second-order valence-corrected chi connectivity index (χ2v) is 8.15. The first-order valence-electron chi connectivity index (χ1n) is 10.7. The van der Waals surface area contributed by atoms with Crippen LogP contribution in [0.25, 0.3) is 11.0 Å². The van der Waals surface area contributed by atoms with Gasteiger partial charge in [-0.15, -0.1) is 0 Å². The van der Waals surface area contributed by atoms with E-state index in [4.69, 9.17) is 25.5 Å². The molecule has 1 heterocycles. The SMILES string of the molecule is CCCC[C@H](NC(=O)OCc1ccccc1)C(=O)Oc1cc2oc(=O)c(C)c(C)c2cc1Cl. The Kier molecular flexibility index (Phi) is 8.11. The molecule has 7 nitrogen and oxygen atoms in total. The number of nitrogens with one attached hydrogen (secondary N) is 1. The number of aryl methyl sites for hydroxylation is 1. The third-order valence-corrected chi connectivity index (χ3v) is 5.65. The van der Waals surface area contributed by atoms with E-state index in [0.29, 0.717) is 23.8 Å². The lowest BCUT2D eigenvalue weighted by Crippen LogP contribution is -2.43. The Labute approximate surface area is 196 Å². The van der Waals surface area contributed by atoms with Gasteiger partial charge in [0.25, 0.3) is 0 Å². The molecule has 1 amide bonds. The maximum Gasteiger partial charge on any atom is 0.408 e. The van der Waals surface area contributed by atoms with Gasteiger partial charge >= 0.3 is 17.7 Å². The van der Waals surface area contributed by atoms with Crippen LogP contribution in [-0.4, -0.2) is 18.1 Å². The molecule has 1 N–H and O–H groups in total. The zero-order valence-electron chi connectivity index (χ0n) is 18.8. The summed E-state index contributed by atoms with van der Waals surface area (Å²) in [5.41, 5.74) is 1.85. The van der Waals surface area contributed by atoms with Crippen LogP contribution in [-0.2, 0) is 16.1 Å². The van der Waals surface area contributed by atoms with Crippen LogP contribution in [0.3, 0.4) is 0 Å². The van der Waals surface area contributed by atoms with E-state index < -0.39 is 23.7 Å². The smallest absolute Gasteiger partial charge is 0.408 e. The highest BCUT2D eigenvalue weighted by Crippen LogP contribution is 2.32. The fraction of sp³-hybridized carbons (Fsp3) is 0.320. The van der Waals surface area contributed by atoms with Crippen LogP contribution < -0.4 is 15.7 Å². The third-order valence-electron chi connectivity index (χ3n) is 5.36. The summed E-state index contributed by atoms with van der Waals surface area (Å²) in [7, 11) is 0. The molecule has 33 heavy (non-hydrogen) atoms. The first kappa shape index (κ1) is 24.3. The first-order valence-corrected chi connectivity index (χ1v) is 11.1. The van der Waals surface area contributed by atoms with Gasteiger partial charge < -0.3 is 19.2 Å². The molecule has 0 aliphatic carbocycles. The van der Waals surface area contributed by atoms with E-state index in [1.807, 2.05) is 37.3 Å². The van der Waals surface area contributed by atoms with Crippen LogP contribution in [0.5, 0.6) is 5.75 Å². The second kappa shape index (κ2) is 11.0. The van der Waals surface area contributed by atoms with Crippen LogP contribution >= 0.6 is 11.6 Å². The van der Waals surface area contributed by atoms with Crippen molar-refractivity contribution in [3.8, 4) is 5.75 Å². The number of hydrogen-bond acceptors (Lipinski definition) is 6. The van der Waals surface area contributed by atoms with Crippen molar-refractivity contribution in [2.45, 2.75) is 52.7 Å². The average molecular weight is 472 g/mol. The molecular weight excluding hydrogens is 446 g/mol. The van der Waals surface area contributed by atoms with Crippen LogP contribution in [0.1, 0.15) is 42.9 Å². The number of fused-ring (bicyclic) bond motifs is 1. The summed E-state index contributed by atoms with van der Waals surface area (Å²) >= 11 is 6.33. The van der Waals surface area contributed by atoms with Crippen molar-refractivity contribution in [2.24, 2.45) is 0 Å². The predicted octanol–water partition coefficient (Wildman–Crippen LogP) is 5.45. The summed E-state index contributed by atoms with van der Waals surface area (Å²) in [6, 6.07) is 11.3. The Morgan fingerprint density at radius 2 is 1.85 bits per heavy atom. The molecule has 0 unspecified atom stereocenters. The van der Waals surface area contributed by atoms with Gasteiger partial charge in [0.2, 0.25) is 0 Å². The van der Waals surface area contributed by atoms with Crippen molar-refractivity contribution in [3.63, 3.8) is 0 Å². The molecule has 2 aromatic carbocycles. The molecule has 0 saturated carbocycles. The second-order valence-electron chi connectivity index (χ2n) is 7.74. The van der Waals surface area contributed by atoms with Gasteiger partial charge in [-0.25, -0.2) is 14.4 Å². The lowest BCUT2D eigenvalue weighted by molar-refractivity contribution is -0.136. The minimum atomic E-state index is -0.924. The lowest BCUT2D eigenvalue weighted by Gasteiger charge is -2.18. The molecule has 3 aromatic rings. The highest BCUT2D eigenvalue weighted by molar-refractivity contribution is 6.33. The summed E-state index contributed by atoms with van der Waals surface area (Å²) in [6.07, 6.45) is 1.16. The molecule has 0 radical (unpaired) electrons. The molecule has 0 fully saturated rings. The number of amides is 1. The molecule has 1 atom stereocenters. The zero-order chi connectivity index (χ0) is 24.0. The van der Waals surface area contributed by atoms with E-state index in [-0.39, 0.29) is 23.0 Å². The average Bonchev–Trinajstić information content (AvgIpc) is 2.81. The topological polar surface area (TPSA) is 94.8 Å². The van der Waals surface area contributed by atoms with Gasteiger partial charge in [0.15, 0.2) is 5.75 Å². The van der Waals surface area contributed by atoms with Crippen molar-refractivity contribution in [1.29, 1.82) is 0 Å². The quantitative estimate of drug-likeness (QED) is 0.266. The number of hydrogen-bond donors (Lipinski definition) is 1. The number of ether oxygens (including phenoxy) is 2. The number of esters is 1. The number of carbonyl (C=O) groups is 2. The molecule has 0 saturated heterocycles. The summed E-state index contributed by atoms with van der Waals surface area (Å²) < 4.78 is 16.0. The van der Waals surface area contributed by atoms with Crippen LogP contribution in [0.4, 0.5) is 4.79 Å². The van der Waals surface area contributed by atoms with Crippen LogP contribution in [0, 0.1) is 13.8 Å². The predicted molar refractivity (Wildman–Crippen MR) is 126 cm³/mol. The van der Waals surface area contributed by atoms with E-state index in [1.165, 1.54) is 6.07 Å². The normalized spacial score (nSPS) is 11.8. The molecule has 0 aliphatic rings. The number of rotatable bonds is 8. The van der Waals surface area contributed by atoms with Crippen molar-refractivity contribution >= 4 is 34.6 Å². The van der Waals surface area contributed by atoms with Gasteiger partial charge in [-0.3, -0.25) is 0 Å². The third kappa shape index (κ3) is 6.14. The maximum absolute atomic E-state index is 12.9. The van der Waals surface area contributed by atoms with E-state index in [0.717, 1.165) is 17.5 Å². The van der Waals surface area contributed by atoms with E-state index >= 15 is 0 Å². The fourth-order valence-corrected chi connectivity index (χ4v) is 3.47. The minimum absolute atomic E-state index is 0.0431. The molecular formula is C25H26ClNO6. The van der Waals surface area contributed by atoms with E-state index in [9.17, 15) is 14.4 Å². The number of unbranched alkanes of at least 4 members (excludes halogenated alkanes) is 1. The monoisotopic (exact) mass is 471 g/mol. The van der Waals surface area contributed by atoms with Crippen LogP contribution in [0.2, 0.25) is 5.02 Å².